The Morgan fingerprint density at radius 3 is 2.62 bits per heavy atom. The molecule has 0 radical (unpaired) electrons. The molecule has 0 saturated heterocycles. The highest BCUT2D eigenvalue weighted by Crippen LogP contribution is 2.21. The van der Waals surface area contributed by atoms with E-state index in [2.05, 4.69) is 0 Å². The predicted octanol–water partition coefficient (Wildman–Crippen LogP) is 3.27. The van der Waals surface area contributed by atoms with Crippen LogP contribution in [0.15, 0.2) is 35.7 Å². The summed E-state index contributed by atoms with van der Waals surface area (Å²) in [7, 11) is 0. The van der Waals surface area contributed by atoms with Crippen molar-refractivity contribution in [2.75, 3.05) is 0 Å². The monoisotopic (exact) mass is 239 g/mol. The van der Waals surface area contributed by atoms with Crippen molar-refractivity contribution in [3.8, 4) is 0 Å². The van der Waals surface area contributed by atoms with E-state index in [0.29, 0.717) is 12.0 Å². The molecule has 1 atom stereocenters. The molecule has 0 saturated carbocycles. The van der Waals surface area contributed by atoms with E-state index in [4.69, 9.17) is 5.73 Å². The molecular formula is C12H11F2NS. The van der Waals surface area contributed by atoms with Gasteiger partial charge in [-0.2, -0.15) is 0 Å². The first kappa shape index (κ1) is 11.2. The molecule has 0 bridgehead atoms. The fraction of sp³-hybridized carbons (Fsp3) is 0.167. The van der Waals surface area contributed by atoms with Gasteiger partial charge in [0.05, 0.1) is 0 Å². The highest BCUT2D eigenvalue weighted by molar-refractivity contribution is 7.10. The first-order valence-electron chi connectivity index (χ1n) is 4.89. The Balaban J connectivity index is 2.12. The minimum atomic E-state index is -0.826. The van der Waals surface area contributed by atoms with Gasteiger partial charge in [0, 0.05) is 10.9 Å². The van der Waals surface area contributed by atoms with Gasteiger partial charge < -0.3 is 5.73 Å². The quantitative estimate of drug-likeness (QED) is 0.874. The zero-order chi connectivity index (χ0) is 11.5. The summed E-state index contributed by atoms with van der Waals surface area (Å²) in [6.07, 6.45) is 0.512. The van der Waals surface area contributed by atoms with E-state index in [-0.39, 0.29) is 6.04 Å². The summed E-state index contributed by atoms with van der Waals surface area (Å²) in [5.41, 5.74) is 6.66. The lowest BCUT2D eigenvalue weighted by atomic mass is 10.1. The Hall–Kier alpha value is -1.26. The summed E-state index contributed by atoms with van der Waals surface area (Å²) >= 11 is 1.56. The van der Waals surface area contributed by atoms with E-state index >= 15 is 0 Å². The van der Waals surface area contributed by atoms with Gasteiger partial charge in [0.25, 0.3) is 0 Å². The van der Waals surface area contributed by atoms with E-state index in [9.17, 15) is 8.78 Å². The lowest BCUT2D eigenvalue weighted by Crippen LogP contribution is -2.11. The van der Waals surface area contributed by atoms with E-state index in [0.717, 1.165) is 10.9 Å². The smallest absolute Gasteiger partial charge is 0.159 e. The molecule has 0 aliphatic heterocycles. The summed E-state index contributed by atoms with van der Waals surface area (Å²) in [6.45, 7) is 0. The maximum absolute atomic E-state index is 13.0. The fourth-order valence-electron chi connectivity index (χ4n) is 1.52. The van der Waals surface area contributed by atoms with Gasteiger partial charge >= 0.3 is 0 Å². The zero-order valence-corrected chi connectivity index (χ0v) is 9.31. The SMILES string of the molecule is NC(Cc1ccc(F)c(F)c1)c1cccs1. The molecule has 1 aromatic heterocycles. The van der Waals surface area contributed by atoms with Crippen LogP contribution in [0.3, 0.4) is 0 Å². The lowest BCUT2D eigenvalue weighted by Gasteiger charge is -2.09. The molecule has 1 unspecified atom stereocenters. The molecular weight excluding hydrogens is 228 g/mol. The molecule has 16 heavy (non-hydrogen) atoms. The number of nitrogens with two attached hydrogens (primary N) is 1. The van der Waals surface area contributed by atoms with E-state index in [1.54, 1.807) is 17.4 Å². The highest BCUT2D eigenvalue weighted by Gasteiger charge is 2.09. The minimum absolute atomic E-state index is 0.162. The zero-order valence-electron chi connectivity index (χ0n) is 8.49. The number of thiophene rings is 1. The lowest BCUT2D eigenvalue weighted by molar-refractivity contribution is 0.506. The van der Waals surface area contributed by atoms with Crippen LogP contribution in [0.5, 0.6) is 0 Å². The second kappa shape index (κ2) is 4.72. The molecule has 2 rings (SSSR count). The van der Waals surface area contributed by atoms with Crippen LogP contribution >= 0.6 is 11.3 Å². The van der Waals surface area contributed by atoms with E-state index in [1.807, 2.05) is 17.5 Å². The molecule has 1 heterocycles. The minimum Gasteiger partial charge on any atom is -0.323 e. The third-order valence-electron chi connectivity index (χ3n) is 2.35. The number of hydrogen-bond donors (Lipinski definition) is 1. The highest BCUT2D eigenvalue weighted by atomic mass is 32.1. The van der Waals surface area contributed by atoms with Crippen LogP contribution < -0.4 is 5.73 Å². The number of rotatable bonds is 3. The Kier molecular flexibility index (Phi) is 3.31. The fourth-order valence-corrected chi connectivity index (χ4v) is 2.25. The molecule has 2 N–H and O–H groups in total. The van der Waals surface area contributed by atoms with Crippen molar-refractivity contribution in [2.24, 2.45) is 5.73 Å². The molecule has 1 aromatic carbocycles. The topological polar surface area (TPSA) is 26.0 Å². The first-order chi connectivity index (χ1) is 7.66. The molecule has 0 aliphatic rings. The molecule has 84 valence electrons. The normalized spacial score (nSPS) is 12.7. The Morgan fingerprint density at radius 1 is 1.19 bits per heavy atom. The third-order valence-corrected chi connectivity index (χ3v) is 3.35. The van der Waals surface area contributed by atoms with Gasteiger partial charge in [-0.25, -0.2) is 8.78 Å². The summed E-state index contributed by atoms with van der Waals surface area (Å²) in [5.74, 6) is -1.65. The molecule has 0 aliphatic carbocycles. The van der Waals surface area contributed by atoms with E-state index in [1.165, 1.54) is 6.07 Å². The number of benzene rings is 1. The largest absolute Gasteiger partial charge is 0.323 e. The van der Waals surface area contributed by atoms with Crippen LogP contribution in [0.25, 0.3) is 0 Å². The third kappa shape index (κ3) is 2.46. The van der Waals surface area contributed by atoms with Gasteiger partial charge in [-0.05, 0) is 35.6 Å². The van der Waals surface area contributed by atoms with E-state index < -0.39 is 11.6 Å². The van der Waals surface area contributed by atoms with Gasteiger partial charge in [-0.3, -0.25) is 0 Å². The van der Waals surface area contributed by atoms with Gasteiger partial charge in [-0.1, -0.05) is 12.1 Å². The summed E-state index contributed by atoms with van der Waals surface area (Å²) in [4.78, 5) is 1.05. The van der Waals surface area contributed by atoms with Crippen molar-refractivity contribution in [3.05, 3.63) is 57.8 Å². The van der Waals surface area contributed by atoms with Crippen molar-refractivity contribution < 1.29 is 8.78 Å². The van der Waals surface area contributed by atoms with Crippen LogP contribution in [0, 0.1) is 11.6 Å². The van der Waals surface area contributed by atoms with Crippen LogP contribution in [-0.2, 0) is 6.42 Å². The second-order valence-electron chi connectivity index (χ2n) is 3.57. The van der Waals surface area contributed by atoms with Gasteiger partial charge in [0.1, 0.15) is 0 Å². The van der Waals surface area contributed by atoms with Crippen LogP contribution in [-0.4, -0.2) is 0 Å². The molecule has 2 aromatic rings. The molecule has 0 spiro atoms. The molecule has 0 amide bonds. The van der Waals surface area contributed by atoms with Crippen LogP contribution in [0.1, 0.15) is 16.5 Å². The Labute approximate surface area is 96.5 Å². The van der Waals surface area contributed by atoms with Gasteiger partial charge in [0.2, 0.25) is 0 Å². The Morgan fingerprint density at radius 2 is 2.00 bits per heavy atom. The average Bonchev–Trinajstić information content (AvgIpc) is 2.77. The van der Waals surface area contributed by atoms with Crippen LogP contribution in [0.2, 0.25) is 0 Å². The standard InChI is InChI=1S/C12H11F2NS/c13-9-4-3-8(6-10(9)14)7-11(15)12-2-1-5-16-12/h1-6,11H,7,15H2. The summed E-state index contributed by atoms with van der Waals surface area (Å²) < 4.78 is 25.7. The maximum Gasteiger partial charge on any atom is 0.159 e. The summed E-state index contributed by atoms with van der Waals surface area (Å²) in [6, 6.07) is 7.59. The van der Waals surface area contributed by atoms with Crippen molar-refractivity contribution in [1.29, 1.82) is 0 Å². The molecule has 0 fully saturated rings. The molecule has 4 heteroatoms. The average molecular weight is 239 g/mol. The number of hydrogen-bond acceptors (Lipinski definition) is 2. The second-order valence-corrected chi connectivity index (χ2v) is 4.55. The van der Waals surface area contributed by atoms with Crippen molar-refractivity contribution in [1.82, 2.24) is 0 Å². The van der Waals surface area contributed by atoms with Crippen molar-refractivity contribution >= 4 is 11.3 Å². The van der Waals surface area contributed by atoms with Gasteiger partial charge in [0.15, 0.2) is 11.6 Å². The predicted molar refractivity (Wildman–Crippen MR) is 61.3 cm³/mol. The van der Waals surface area contributed by atoms with Crippen molar-refractivity contribution in [3.63, 3.8) is 0 Å². The summed E-state index contributed by atoms with van der Waals surface area (Å²) in [5, 5.41) is 1.94. The first-order valence-corrected chi connectivity index (χ1v) is 5.77. The Bertz CT molecular complexity index is 468. The maximum atomic E-state index is 13.0. The van der Waals surface area contributed by atoms with Crippen molar-refractivity contribution in [2.45, 2.75) is 12.5 Å². The van der Waals surface area contributed by atoms with Gasteiger partial charge in [-0.15, -0.1) is 11.3 Å². The van der Waals surface area contributed by atoms with Crippen LogP contribution in [0.4, 0.5) is 8.78 Å². The number of halogens is 2. The molecule has 1 nitrogen and oxygen atoms in total.